The molecule has 1 aliphatic rings. The number of halogens is 2. The van der Waals surface area contributed by atoms with E-state index in [2.05, 4.69) is 10.6 Å². The number of nitrogens with one attached hydrogen (secondary N) is 2. The quantitative estimate of drug-likeness (QED) is 0.867. The fourth-order valence-corrected chi connectivity index (χ4v) is 2.80. The summed E-state index contributed by atoms with van der Waals surface area (Å²) in [4.78, 5) is 25.6. The minimum absolute atomic E-state index is 0.213. The minimum atomic E-state index is -0.950. The Morgan fingerprint density at radius 2 is 1.85 bits per heavy atom. The van der Waals surface area contributed by atoms with Crippen LogP contribution in [0.5, 0.6) is 0 Å². The van der Waals surface area contributed by atoms with Gasteiger partial charge in [-0.05, 0) is 42.0 Å². The lowest BCUT2D eigenvalue weighted by Gasteiger charge is -2.33. The van der Waals surface area contributed by atoms with Gasteiger partial charge >= 0.3 is 6.03 Å². The van der Waals surface area contributed by atoms with Crippen LogP contribution in [-0.2, 0) is 4.74 Å². The number of carbonyl (C=O) groups is 2. The van der Waals surface area contributed by atoms with Crippen LogP contribution in [0.1, 0.15) is 22.0 Å². The van der Waals surface area contributed by atoms with E-state index in [4.69, 9.17) is 4.74 Å². The minimum Gasteiger partial charge on any atom is -0.370 e. The van der Waals surface area contributed by atoms with E-state index in [1.54, 1.807) is 36.2 Å². The lowest BCUT2D eigenvalue weighted by molar-refractivity contribution is -0.0136. The van der Waals surface area contributed by atoms with Crippen molar-refractivity contribution in [3.63, 3.8) is 0 Å². The number of nitrogens with zero attached hydrogens (tertiary/aromatic N) is 1. The summed E-state index contributed by atoms with van der Waals surface area (Å²) < 4.78 is 32.1. The molecule has 2 N–H and O–H groups in total. The molecular formula is C19H19F2N3O3. The number of ether oxygens (including phenoxy) is 1. The van der Waals surface area contributed by atoms with E-state index >= 15 is 0 Å². The summed E-state index contributed by atoms with van der Waals surface area (Å²) in [6, 6.07) is 9.72. The molecule has 6 nitrogen and oxygen atoms in total. The molecule has 1 aliphatic heterocycles. The standard InChI is InChI=1S/C19H19F2N3O3/c1-22-18(25)12-2-5-14(6-3-12)23-19(26)24-8-9-27-17(11-24)13-4-7-15(20)16(21)10-13/h2-7,10,17H,8-9,11H2,1H3,(H,22,25)(H,23,26). The fraction of sp³-hybridized carbons (Fsp3) is 0.263. The second kappa shape index (κ2) is 8.13. The van der Waals surface area contributed by atoms with Gasteiger partial charge in [0.25, 0.3) is 5.91 Å². The first-order valence-corrected chi connectivity index (χ1v) is 8.42. The molecule has 142 valence electrons. The summed E-state index contributed by atoms with van der Waals surface area (Å²) in [5.41, 5.74) is 1.50. The van der Waals surface area contributed by atoms with Crippen molar-refractivity contribution in [2.75, 3.05) is 32.1 Å². The van der Waals surface area contributed by atoms with Crippen molar-refractivity contribution in [2.24, 2.45) is 0 Å². The van der Waals surface area contributed by atoms with E-state index in [1.165, 1.54) is 6.07 Å². The molecule has 0 saturated carbocycles. The third-order valence-electron chi connectivity index (χ3n) is 4.29. The number of carbonyl (C=O) groups excluding carboxylic acids is 2. The Bertz CT molecular complexity index is 843. The smallest absolute Gasteiger partial charge is 0.322 e. The van der Waals surface area contributed by atoms with Crippen LogP contribution in [-0.4, -0.2) is 43.6 Å². The predicted molar refractivity (Wildman–Crippen MR) is 95.5 cm³/mol. The van der Waals surface area contributed by atoms with Crippen molar-refractivity contribution in [3.05, 3.63) is 65.2 Å². The molecule has 0 spiro atoms. The molecule has 0 bridgehead atoms. The number of hydrogen-bond donors (Lipinski definition) is 2. The normalized spacial score (nSPS) is 16.7. The van der Waals surface area contributed by atoms with Gasteiger partial charge in [-0.15, -0.1) is 0 Å². The van der Waals surface area contributed by atoms with E-state index < -0.39 is 17.7 Å². The van der Waals surface area contributed by atoms with Crippen LogP contribution in [0.2, 0.25) is 0 Å². The van der Waals surface area contributed by atoms with Crippen LogP contribution < -0.4 is 10.6 Å². The first-order chi connectivity index (χ1) is 13.0. The van der Waals surface area contributed by atoms with Gasteiger partial charge in [0.2, 0.25) is 0 Å². The van der Waals surface area contributed by atoms with Crippen LogP contribution >= 0.6 is 0 Å². The summed E-state index contributed by atoms with van der Waals surface area (Å²) in [5, 5.41) is 5.28. The summed E-state index contributed by atoms with van der Waals surface area (Å²) in [5.74, 6) is -2.09. The second-order valence-corrected chi connectivity index (χ2v) is 6.07. The van der Waals surface area contributed by atoms with Gasteiger partial charge < -0.3 is 20.3 Å². The maximum absolute atomic E-state index is 13.4. The first-order valence-electron chi connectivity index (χ1n) is 8.42. The molecule has 0 aliphatic carbocycles. The van der Waals surface area contributed by atoms with Crippen LogP contribution in [0.3, 0.4) is 0 Å². The maximum atomic E-state index is 13.4. The fourth-order valence-electron chi connectivity index (χ4n) is 2.80. The van der Waals surface area contributed by atoms with Crippen LogP contribution in [0.4, 0.5) is 19.3 Å². The Kier molecular flexibility index (Phi) is 5.66. The van der Waals surface area contributed by atoms with Gasteiger partial charge in [-0.3, -0.25) is 4.79 Å². The zero-order chi connectivity index (χ0) is 19.4. The third kappa shape index (κ3) is 4.40. The highest BCUT2D eigenvalue weighted by atomic mass is 19.2. The van der Waals surface area contributed by atoms with Crippen LogP contribution in [0.15, 0.2) is 42.5 Å². The number of hydrogen-bond acceptors (Lipinski definition) is 3. The molecule has 27 heavy (non-hydrogen) atoms. The van der Waals surface area contributed by atoms with E-state index in [9.17, 15) is 18.4 Å². The molecule has 1 unspecified atom stereocenters. The SMILES string of the molecule is CNC(=O)c1ccc(NC(=O)N2CCOC(c3ccc(F)c(F)c3)C2)cc1. The van der Waals surface area contributed by atoms with Gasteiger partial charge in [0, 0.05) is 24.8 Å². The highest BCUT2D eigenvalue weighted by molar-refractivity contribution is 5.95. The van der Waals surface area contributed by atoms with E-state index in [-0.39, 0.29) is 25.1 Å². The zero-order valence-corrected chi connectivity index (χ0v) is 14.7. The maximum Gasteiger partial charge on any atom is 0.322 e. The summed E-state index contributed by atoms with van der Waals surface area (Å²) in [6.45, 7) is 0.877. The highest BCUT2D eigenvalue weighted by Gasteiger charge is 2.26. The van der Waals surface area contributed by atoms with Gasteiger partial charge in [-0.25, -0.2) is 13.6 Å². The van der Waals surface area contributed by atoms with Crippen molar-refractivity contribution in [2.45, 2.75) is 6.10 Å². The summed E-state index contributed by atoms with van der Waals surface area (Å²) in [6.07, 6.45) is -0.532. The van der Waals surface area contributed by atoms with Gasteiger partial charge in [-0.2, -0.15) is 0 Å². The number of amides is 3. The molecule has 2 aromatic carbocycles. The molecule has 3 amide bonds. The average Bonchev–Trinajstić information content (AvgIpc) is 2.70. The molecule has 1 saturated heterocycles. The topological polar surface area (TPSA) is 70.7 Å². The Morgan fingerprint density at radius 3 is 2.52 bits per heavy atom. The Labute approximate surface area is 155 Å². The third-order valence-corrected chi connectivity index (χ3v) is 4.29. The van der Waals surface area contributed by atoms with Crippen molar-refractivity contribution in [3.8, 4) is 0 Å². The summed E-state index contributed by atoms with van der Waals surface area (Å²) in [7, 11) is 1.54. The lowest BCUT2D eigenvalue weighted by Crippen LogP contribution is -2.44. The first kappa shape index (κ1) is 18.8. The predicted octanol–water partition coefficient (Wildman–Crippen LogP) is 2.93. The molecule has 2 aromatic rings. The van der Waals surface area contributed by atoms with Gasteiger partial charge in [0.1, 0.15) is 6.10 Å². The highest BCUT2D eigenvalue weighted by Crippen LogP contribution is 2.24. The number of rotatable bonds is 3. The monoisotopic (exact) mass is 375 g/mol. The molecule has 0 radical (unpaired) electrons. The molecule has 0 aromatic heterocycles. The molecule has 8 heteroatoms. The molecule has 1 fully saturated rings. The Balaban J connectivity index is 1.64. The van der Waals surface area contributed by atoms with Gasteiger partial charge in [0.15, 0.2) is 11.6 Å². The number of morpholine rings is 1. The van der Waals surface area contributed by atoms with E-state index in [1.807, 2.05) is 0 Å². The van der Waals surface area contributed by atoms with Crippen LogP contribution in [0.25, 0.3) is 0 Å². The number of urea groups is 1. The Morgan fingerprint density at radius 1 is 1.11 bits per heavy atom. The molecule has 1 atom stereocenters. The largest absolute Gasteiger partial charge is 0.370 e. The number of benzene rings is 2. The number of anilines is 1. The van der Waals surface area contributed by atoms with Crippen molar-refractivity contribution >= 4 is 17.6 Å². The van der Waals surface area contributed by atoms with Gasteiger partial charge in [-0.1, -0.05) is 6.07 Å². The lowest BCUT2D eigenvalue weighted by atomic mass is 10.1. The van der Waals surface area contributed by atoms with Crippen molar-refractivity contribution < 1.29 is 23.1 Å². The average molecular weight is 375 g/mol. The summed E-state index contributed by atoms with van der Waals surface area (Å²) >= 11 is 0. The zero-order valence-electron chi connectivity index (χ0n) is 14.7. The second-order valence-electron chi connectivity index (χ2n) is 6.07. The van der Waals surface area contributed by atoms with E-state index in [0.717, 1.165) is 12.1 Å². The van der Waals surface area contributed by atoms with Crippen molar-refractivity contribution in [1.82, 2.24) is 10.2 Å². The molecular weight excluding hydrogens is 356 g/mol. The molecule has 1 heterocycles. The van der Waals surface area contributed by atoms with Crippen molar-refractivity contribution in [1.29, 1.82) is 0 Å². The van der Waals surface area contributed by atoms with Crippen LogP contribution in [0, 0.1) is 11.6 Å². The van der Waals surface area contributed by atoms with E-state index in [0.29, 0.717) is 23.4 Å². The Hall–Kier alpha value is -3.00. The van der Waals surface area contributed by atoms with Gasteiger partial charge in [0.05, 0.1) is 13.2 Å². The molecule has 3 rings (SSSR count).